The van der Waals surface area contributed by atoms with Gasteiger partial charge in [-0.3, -0.25) is 9.89 Å². The molecule has 0 saturated heterocycles. The molecule has 0 fully saturated rings. The first kappa shape index (κ1) is 12.9. The van der Waals surface area contributed by atoms with E-state index in [1.54, 1.807) is 24.4 Å². The minimum Gasteiger partial charge on any atom is -0.311 e. The second-order valence-corrected chi connectivity index (χ2v) is 4.72. The third-order valence-corrected chi connectivity index (χ3v) is 3.18. The Morgan fingerprint density at radius 1 is 1.39 bits per heavy atom. The van der Waals surface area contributed by atoms with Crippen LogP contribution in [0.25, 0.3) is 0 Å². The van der Waals surface area contributed by atoms with Crippen LogP contribution in [0.15, 0.2) is 24.4 Å². The van der Waals surface area contributed by atoms with Gasteiger partial charge < -0.3 is 5.32 Å². The SMILES string of the molecule is Cc1cn[nH]c1NC(=O)Cc1ccc(Cl)c(Cl)c1. The molecule has 1 aromatic heterocycles. The summed E-state index contributed by atoms with van der Waals surface area (Å²) in [6, 6.07) is 5.13. The maximum absolute atomic E-state index is 11.8. The summed E-state index contributed by atoms with van der Waals surface area (Å²) in [5.41, 5.74) is 1.69. The number of hydrogen-bond acceptors (Lipinski definition) is 2. The van der Waals surface area contributed by atoms with Crippen molar-refractivity contribution in [1.29, 1.82) is 0 Å². The van der Waals surface area contributed by atoms with Gasteiger partial charge >= 0.3 is 0 Å². The van der Waals surface area contributed by atoms with Crippen LogP contribution >= 0.6 is 23.2 Å². The van der Waals surface area contributed by atoms with Crippen molar-refractivity contribution in [2.75, 3.05) is 5.32 Å². The Bertz CT molecular complexity index is 580. The molecular weight excluding hydrogens is 273 g/mol. The number of nitrogens with zero attached hydrogens (tertiary/aromatic N) is 1. The first-order valence-corrected chi connectivity index (χ1v) is 6.05. The van der Waals surface area contributed by atoms with Gasteiger partial charge in [0.1, 0.15) is 5.82 Å². The standard InChI is InChI=1S/C12H11Cl2N3O/c1-7-6-15-17-12(7)16-11(18)5-8-2-3-9(13)10(14)4-8/h2-4,6H,5H2,1H3,(H2,15,16,17,18). The van der Waals surface area contributed by atoms with Crippen LogP contribution in [-0.2, 0) is 11.2 Å². The fourth-order valence-electron chi connectivity index (χ4n) is 1.49. The molecule has 0 aliphatic carbocycles. The molecule has 0 unspecified atom stereocenters. The predicted molar refractivity (Wildman–Crippen MR) is 72.1 cm³/mol. The Kier molecular flexibility index (Phi) is 3.89. The van der Waals surface area contributed by atoms with Gasteiger partial charge in [-0.1, -0.05) is 29.3 Å². The Labute approximate surface area is 114 Å². The number of hydrogen-bond donors (Lipinski definition) is 2. The number of carbonyl (C=O) groups is 1. The van der Waals surface area contributed by atoms with E-state index < -0.39 is 0 Å². The molecule has 0 bridgehead atoms. The summed E-state index contributed by atoms with van der Waals surface area (Å²) in [6.45, 7) is 1.86. The predicted octanol–water partition coefficient (Wildman–Crippen LogP) is 3.21. The van der Waals surface area contributed by atoms with Crippen LogP contribution < -0.4 is 5.32 Å². The van der Waals surface area contributed by atoms with Gasteiger partial charge in [0, 0.05) is 5.56 Å². The number of rotatable bonds is 3. The lowest BCUT2D eigenvalue weighted by atomic mass is 10.1. The van der Waals surface area contributed by atoms with Gasteiger partial charge in [0.2, 0.25) is 5.91 Å². The van der Waals surface area contributed by atoms with Crippen LogP contribution in [-0.4, -0.2) is 16.1 Å². The number of halogens is 2. The first-order valence-electron chi connectivity index (χ1n) is 5.30. The highest BCUT2D eigenvalue weighted by Gasteiger charge is 2.08. The fraction of sp³-hybridized carbons (Fsp3) is 0.167. The van der Waals surface area contributed by atoms with Crippen molar-refractivity contribution in [3.8, 4) is 0 Å². The third-order valence-electron chi connectivity index (χ3n) is 2.44. The Morgan fingerprint density at radius 3 is 2.78 bits per heavy atom. The lowest BCUT2D eigenvalue weighted by Crippen LogP contribution is -2.15. The Morgan fingerprint density at radius 2 is 2.17 bits per heavy atom. The van der Waals surface area contributed by atoms with Crippen LogP contribution in [0.5, 0.6) is 0 Å². The van der Waals surface area contributed by atoms with E-state index >= 15 is 0 Å². The van der Waals surface area contributed by atoms with Crippen LogP contribution in [0.4, 0.5) is 5.82 Å². The van der Waals surface area contributed by atoms with Crippen LogP contribution in [0.3, 0.4) is 0 Å². The lowest BCUT2D eigenvalue weighted by Gasteiger charge is -2.05. The first-order chi connectivity index (χ1) is 8.56. The molecule has 2 N–H and O–H groups in total. The van der Waals surface area contributed by atoms with E-state index in [0.717, 1.165) is 11.1 Å². The van der Waals surface area contributed by atoms with Gasteiger partial charge in [-0.25, -0.2) is 0 Å². The summed E-state index contributed by atoms with van der Waals surface area (Å²) in [4.78, 5) is 11.8. The molecule has 2 rings (SSSR count). The Balaban J connectivity index is 2.03. The molecule has 2 aromatic rings. The number of anilines is 1. The molecule has 18 heavy (non-hydrogen) atoms. The maximum Gasteiger partial charge on any atom is 0.229 e. The molecule has 1 amide bonds. The number of aryl methyl sites for hydroxylation is 1. The molecule has 6 heteroatoms. The summed E-state index contributed by atoms with van der Waals surface area (Å²) in [5.74, 6) is 0.473. The minimum atomic E-state index is -0.138. The quantitative estimate of drug-likeness (QED) is 0.909. The molecule has 94 valence electrons. The second-order valence-electron chi connectivity index (χ2n) is 3.90. The van der Waals surface area contributed by atoms with Crippen molar-refractivity contribution in [3.63, 3.8) is 0 Å². The summed E-state index contributed by atoms with van der Waals surface area (Å²) >= 11 is 11.7. The average Bonchev–Trinajstić information content (AvgIpc) is 2.70. The van der Waals surface area contributed by atoms with E-state index in [2.05, 4.69) is 15.5 Å². The van der Waals surface area contributed by atoms with Crippen molar-refractivity contribution in [3.05, 3.63) is 45.6 Å². The molecule has 0 atom stereocenters. The van der Waals surface area contributed by atoms with Crippen LogP contribution in [0, 0.1) is 6.92 Å². The zero-order valence-corrected chi connectivity index (χ0v) is 11.1. The molecule has 0 radical (unpaired) electrons. The zero-order chi connectivity index (χ0) is 13.1. The monoisotopic (exact) mass is 283 g/mol. The molecule has 0 aliphatic rings. The van der Waals surface area contributed by atoms with Crippen LogP contribution in [0.1, 0.15) is 11.1 Å². The lowest BCUT2D eigenvalue weighted by molar-refractivity contribution is -0.115. The zero-order valence-electron chi connectivity index (χ0n) is 9.63. The van der Waals surface area contributed by atoms with E-state index in [4.69, 9.17) is 23.2 Å². The van der Waals surface area contributed by atoms with Gasteiger partial charge in [0.05, 0.1) is 22.7 Å². The van der Waals surface area contributed by atoms with E-state index in [1.807, 2.05) is 6.92 Å². The number of aromatic amines is 1. The summed E-state index contributed by atoms with van der Waals surface area (Å²) in [6.07, 6.45) is 1.88. The highest BCUT2D eigenvalue weighted by Crippen LogP contribution is 2.23. The topological polar surface area (TPSA) is 57.8 Å². The fourth-order valence-corrected chi connectivity index (χ4v) is 1.81. The second kappa shape index (κ2) is 5.42. The molecule has 0 saturated carbocycles. The highest BCUT2D eigenvalue weighted by molar-refractivity contribution is 6.42. The minimum absolute atomic E-state index is 0.138. The van der Waals surface area contributed by atoms with E-state index in [-0.39, 0.29) is 12.3 Å². The van der Waals surface area contributed by atoms with Gasteiger partial charge in [0.25, 0.3) is 0 Å². The van der Waals surface area contributed by atoms with Crippen molar-refractivity contribution >= 4 is 34.9 Å². The highest BCUT2D eigenvalue weighted by atomic mass is 35.5. The van der Waals surface area contributed by atoms with Crippen molar-refractivity contribution < 1.29 is 4.79 Å². The van der Waals surface area contributed by atoms with Crippen molar-refractivity contribution in [1.82, 2.24) is 10.2 Å². The van der Waals surface area contributed by atoms with Crippen molar-refractivity contribution in [2.24, 2.45) is 0 Å². The number of aromatic nitrogens is 2. The number of amides is 1. The summed E-state index contributed by atoms with van der Waals surface area (Å²) < 4.78 is 0. The summed E-state index contributed by atoms with van der Waals surface area (Å²) in [5, 5.41) is 10.2. The molecular formula is C12H11Cl2N3O. The number of benzene rings is 1. The Hall–Kier alpha value is -1.52. The summed E-state index contributed by atoms with van der Waals surface area (Å²) in [7, 11) is 0. The largest absolute Gasteiger partial charge is 0.311 e. The molecule has 0 aliphatic heterocycles. The van der Waals surface area contributed by atoms with Crippen molar-refractivity contribution in [2.45, 2.75) is 13.3 Å². The van der Waals surface area contributed by atoms with E-state index in [1.165, 1.54) is 0 Å². The average molecular weight is 284 g/mol. The van der Waals surface area contributed by atoms with E-state index in [0.29, 0.717) is 15.9 Å². The van der Waals surface area contributed by atoms with Crippen LogP contribution in [0.2, 0.25) is 10.0 Å². The van der Waals surface area contributed by atoms with E-state index in [9.17, 15) is 4.79 Å². The smallest absolute Gasteiger partial charge is 0.229 e. The normalized spacial score (nSPS) is 10.4. The van der Waals surface area contributed by atoms with Gasteiger partial charge in [-0.05, 0) is 24.6 Å². The number of nitrogens with one attached hydrogen (secondary N) is 2. The number of carbonyl (C=O) groups excluding carboxylic acids is 1. The maximum atomic E-state index is 11.8. The molecule has 4 nitrogen and oxygen atoms in total. The van der Waals surface area contributed by atoms with Gasteiger partial charge in [-0.15, -0.1) is 0 Å². The third kappa shape index (κ3) is 3.03. The molecule has 1 aromatic carbocycles. The van der Waals surface area contributed by atoms with Gasteiger partial charge in [-0.2, -0.15) is 5.10 Å². The molecule has 1 heterocycles. The molecule has 0 spiro atoms. The van der Waals surface area contributed by atoms with Gasteiger partial charge in [0.15, 0.2) is 0 Å². The number of H-pyrrole nitrogens is 1.